The number of methoxy groups -OCH3 is 2. The first kappa shape index (κ1) is 15.3. The third-order valence-corrected chi connectivity index (χ3v) is 1.28. The van der Waals surface area contributed by atoms with Crippen molar-refractivity contribution in [1.29, 1.82) is 0 Å². The Balaban J connectivity index is 0. The Morgan fingerprint density at radius 2 is 1.46 bits per heavy atom. The van der Waals surface area contributed by atoms with Gasteiger partial charge >= 0.3 is 0 Å². The van der Waals surface area contributed by atoms with Gasteiger partial charge in [-0.15, -0.1) is 0 Å². The van der Waals surface area contributed by atoms with E-state index < -0.39 is 0 Å². The van der Waals surface area contributed by atoms with Crippen LogP contribution in [-0.4, -0.2) is 14.2 Å². The molecule has 0 aliphatic rings. The van der Waals surface area contributed by atoms with Gasteiger partial charge in [0.1, 0.15) is 11.5 Å². The number of halogens is 1. The molecule has 0 N–H and O–H groups in total. The molecule has 4 heteroatoms. The van der Waals surface area contributed by atoms with Crippen molar-refractivity contribution in [2.75, 3.05) is 14.2 Å². The fourth-order valence-corrected chi connectivity index (χ4v) is 0.728. The van der Waals surface area contributed by atoms with Crippen LogP contribution in [0.2, 0.25) is 0 Å². The Bertz CT molecular complexity index is 199. The molecule has 0 unspecified atom stereocenters. The molecule has 2 nitrogen and oxygen atoms in total. The van der Waals surface area contributed by atoms with Crippen LogP contribution in [0.3, 0.4) is 0 Å². The van der Waals surface area contributed by atoms with Crippen LogP contribution >= 0.6 is 11.6 Å². The Kier molecular flexibility index (Phi) is 11.6. The molecule has 0 fully saturated rings. The summed E-state index contributed by atoms with van der Waals surface area (Å²) in [4.78, 5) is 0. The number of ether oxygens (including phenoxy) is 2. The first-order valence-electron chi connectivity index (χ1n) is 3.31. The van der Waals surface area contributed by atoms with Crippen molar-refractivity contribution in [3.8, 4) is 11.5 Å². The Labute approximate surface area is 97.8 Å². The zero-order valence-corrected chi connectivity index (χ0v) is 9.84. The first-order valence-corrected chi connectivity index (χ1v) is 3.85. The molecule has 0 aromatic heterocycles. The van der Waals surface area contributed by atoms with Crippen molar-refractivity contribution in [2.24, 2.45) is 0 Å². The molecule has 1 aromatic carbocycles. The molecule has 0 amide bonds. The maximum Gasteiger partial charge on any atom is 0.122 e. The van der Waals surface area contributed by atoms with Gasteiger partial charge in [0.25, 0.3) is 0 Å². The Morgan fingerprint density at radius 3 is 1.77 bits per heavy atom. The smallest absolute Gasteiger partial charge is 0.122 e. The van der Waals surface area contributed by atoms with E-state index in [1.165, 1.54) is 0 Å². The Hall–Kier alpha value is -0.228. The van der Waals surface area contributed by atoms with Crippen molar-refractivity contribution < 1.29 is 29.9 Å². The van der Waals surface area contributed by atoms with Crippen LogP contribution in [0.5, 0.6) is 11.5 Å². The van der Waals surface area contributed by atoms with Crippen molar-refractivity contribution in [3.63, 3.8) is 0 Å². The summed E-state index contributed by atoms with van der Waals surface area (Å²) in [6, 6.07) is 7.47. The van der Waals surface area contributed by atoms with Gasteiger partial charge in [0, 0.05) is 26.5 Å². The number of benzene rings is 1. The maximum atomic E-state index is 4.98. The fourth-order valence-electron chi connectivity index (χ4n) is 0.728. The molecule has 0 spiro atoms. The molecule has 78 valence electrons. The van der Waals surface area contributed by atoms with Gasteiger partial charge < -0.3 is 21.1 Å². The zero-order valence-electron chi connectivity index (χ0n) is 7.53. The number of rotatable bonds is 2. The first-order chi connectivity index (χ1) is 5.86. The summed E-state index contributed by atoms with van der Waals surface area (Å²) in [6.07, 6.45) is 2.72. The quantitative estimate of drug-likeness (QED) is 0.617. The van der Waals surface area contributed by atoms with E-state index in [1.54, 1.807) is 14.2 Å². The second kappa shape index (κ2) is 9.86. The largest absolute Gasteiger partial charge is 0.497 e. The normalized spacial score (nSPS) is 7.38. The molecule has 1 aromatic rings. The molecule has 13 heavy (non-hydrogen) atoms. The molecule has 0 heterocycles. The van der Waals surface area contributed by atoms with Crippen LogP contribution < -0.4 is 9.47 Å². The van der Waals surface area contributed by atoms with Crippen LogP contribution in [0.25, 0.3) is 0 Å². The fraction of sp³-hybridized carbons (Fsp3) is 0.222. The average Bonchev–Trinajstić information content (AvgIpc) is 2.21. The van der Waals surface area contributed by atoms with Crippen LogP contribution in [0.15, 0.2) is 24.3 Å². The van der Waals surface area contributed by atoms with E-state index in [9.17, 15) is 0 Å². The summed E-state index contributed by atoms with van der Waals surface area (Å²) in [5, 5.41) is 0. The minimum Gasteiger partial charge on any atom is -0.497 e. The third-order valence-electron chi connectivity index (χ3n) is 1.28. The van der Waals surface area contributed by atoms with E-state index in [0.29, 0.717) is 0 Å². The molecule has 0 atom stereocenters. The number of hydrogen-bond donors (Lipinski definition) is 0. The van der Waals surface area contributed by atoms with Gasteiger partial charge in [-0.25, -0.2) is 0 Å². The summed E-state index contributed by atoms with van der Waals surface area (Å²) in [6.45, 7) is 0. The summed E-state index contributed by atoms with van der Waals surface area (Å²) in [7, 11) is 3.27. The minimum atomic E-state index is 0. The second-order valence-corrected chi connectivity index (χ2v) is 1.88. The van der Waals surface area contributed by atoms with E-state index in [4.69, 9.17) is 9.47 Å². The topological polar surface area (TPSA) is 18.5 Å². The SMILES string of the molecule is COc1cccc(OC)c1.[CH2-]Cl.[Pd]. The van der Waals surface area contributed by atoms with Gasteiger partial charge in [-0.2, -0.15) is 0 Å². The van der Waals surface area contributed by atoms with Gasteiger partial charge in [0.05, 0.1) is 14.2 Å². The third kappa shape index (κ3) is 5.93. The monoisotopic (exact) mass is 293 g/mol. The maximum absolute atomic E-state index is 4.98. The minimum absolute atomic E-state index is 0. The summed E-state index contributed by atoms with van der Waals surface area (Å²) in [5.74, 6) is 1.64. The molecular weight excluding hydrogens is 282 g/mol. The summed E-state index contributed by atoms with van der Waals surface area (Å²) >= 11 is 4.39. The van der Waals surface area contributed by atoms with Crippen LogP contribution in [0.1, 0.15) is 0 Å². The van der Waals surface area contributed by atoms with E-state index in [1.807, 2.05) is 24.3 Å². The van der Waals surface area contributed by atoms with E-state index in [2.05, 4.69) is 18.0 Å². The molecule has 0 aliphatic heterocycles. The molecule has 0 bridgehead atoms. The Morgan fingerprint density at radius 1 is 1.08 bits per heavy atom. The van der Waals surface area contributed by atoms with Gasteiger partial charge in [0.2, 0.25) is 0 Å². The van der Waals surface area contributed by atoms with Gasteiger partial charge in [-0.1, -0.05) is 6.07 Å². The predicted molar refractivity (Wildman–Crippen MR) is 50.8 cm³/mol. The van der Waals surface area contributed by atoms with E-state index in [-0.39, 0.29) is 20.4 Å². The van der Waals surface area contributed by atoms with Crippen molar-refractivity contribution >= 4 is 11.6 Å². The van der Waals surface area contributed by atoms with E-state index >= 15 is 0 Å². The molecule has 1 rings (SSSR count). The molecule has 0 saturated heterocycles. The zero-order chi connectivity index (χ0) is 9.40. The second-order valence-electron chi connectivity index (χ2n) is 1.88. The summed E-state index contributed by atoms with van der Waals surface area (Å²) < 4.78 is 9.95. The van der Waals surface area contributed by atoms with Crippen molar-refractivity contribution in [2.45, 2.75) is 0 Å². The van der Waals surface area contributed by atoms with E-state index in [0.717, 1.165) is 11.5 Å². The van der Waals surface area contributed by atoms with Crippen LogP contribution in [-0.2, 0) is 20.4 Å². The van der Waals surface area contributed by atoms with Gasteiger partial charge in [-0.05, 0) is 12.1 Å². The molecular formula is C9H12ClO2Pd-. The van der Waals surface area contributed by atoms with Crippen LogP contribution in [0, 0.1) is 6.38 Å². The predicted octanol–water partition coefficient (Wildman–Crippen LogP) is 2.72. The molecule has 0 aliphatic carbocycles. The standard InChI is InChI=1S/C8H10O2.CH2Cl.Pd/c1-9-7-4-3-5-8(6-7)10-2;1-2;/h3-6H,1-2H3;1H2;/q;-1;. The average molecular weight is 294 g/mol. The van der Waals surface area contributed by atoms with Crippen molar-refractivity contribution in [3.05, 3.63) is 30.6 Å². The van der Waals surface area contributed by atoms with Crippen molar-refractivity contribution in [1.82, 2.24) is 0 Å². The van der Waals surface area contributed by atoms with Gasteiger partial charge in [-0.3, -0.25) is 6.38 Å². The van der Waals surface area contributed by atoms with Crippen LogP contribution in [0.4, 0.5) is 0 Å². The number of hydrogen-bond acceptors (Lipinski definition) is 2. The summed E-state index contributed by atoms with van der Waals surface area (Å²) in [5.41, 5.74) is 0. The molecule has 0 saturated carbocycles. The molecule has 0 radical (unpaired) electrons. The van der Waals surface area contributed by atoms with Gasteiger partial charge in [0.15, 0.2) is 0 Å².